The highest BCUT2D eigenvalue weighted by atomic mass is 16.1. The molecule has 124 valence electrons. The third-order valence-electron chi connectivity index (χ3n) is 4.91. The van der Waals surface area contributed by atoms with Crippen molar-refractivity contribution in [2.45, 2.75) is 45.4 Å². The molecule has 23 heavy (non-hydrogen) atoms. The predicted octanol–water partition coefficient (Wildman–Crippen LogP) is 5.12. The van der Waals surface area contributed by atoms with E-state index in [1.54, 1.807) is 0 Å². The number of nitrogens with zero attached hydrogens (tertiary/aromatic N) is 1. The van der Waals surface area contributed by atoms with Crippen LogP contribution < -0.4 is 4.90 Å². The van der Waals surface area contributed by atoms with Gasteiger partial charge in [0.25, 0.3) is 0 Å². The molecule has 2 heteroatoms. The third-order valence-corrected chi connectivity index (χ3v) is 4.91. The molecule has 2 nitrogen and oxygen atoms in total. The number of hydrogen-bond donors (Lipinski definition) is 0. The molecule has 0 aliphatic heterocycles. The zero-order valence-corrected chi connectivity index (χ0v) is 14.9. The first-order valence-electron chi connectivity index (χ1n) is 8.69. The summed E-state index contributed by atoms with van der Waals surface area (Å²) in [5.74, 6) is 0.641. The van der Waals surface area contributed by atoms with Crippen LogP contribution in [0.25, 0.3) is 0 Å². The van der Waals surface area contributed by atoms with Crippen LogP contribution in [0.5, 0.6) is 0 Å². The average molecular weight is 311 g/mol. The van der Waals surface area contributed by atoms with Crippen LogP contribution in [0.2, 0.25) is 0 Å². The van der Waals surface area contributed by atoms with Gasteiger partial charge >= 0.3 is 0 Å². The Bertz CT molecular complexity index is 580. The zero-order chi connectivity index (χ0) is 16.8. The summed E-state index contributed by atoms with van der Waals surface area (Å²) in [5.41, 5.74) is 4.75. The number of carbonyl (C=O) groups is 1. The molecule has 0 bridgehead atoms. The number of allylic oxidation sites excluding steroid dienone is 4. The summed E-state index contributed by atoms with van der Waals surface area (Å²) < 4.78 is 0. The monoisotopic (exact) mass is 311 g/mol. The fourth-order valence-electron chi connectivity index (χ4n) is 3.48. The van der Waals surface area contributed by atoms with Gasteiger partial charge < -0.3 is 4.90 Å². The molecule has 2 rings (SSSR count). The smallest absolute Gasteiger partial charge is 0.146 e. The van der Waals surface area contributed by atoms with E-state index in [1.165, 1.54) is 36.1 Å². The van der Waals surface area contributed by atoms with E-state index in [-0.39, 0.29) is 5.92 Å². The molecule has 0 saturated heterocycles. The van der Waals surface area contributed by atoms with E-state index in [1.807, 2.05) is 20.2 Å². The Morgan fingerprint density at radius 1 is 1.09 bits per heavy atom. The van der Waals surface area contributed by atoms with Crippen molar-refractivity contribution in [1.82, 2.24) is 0 Å². The number of benzene rings is 1. The van der Waals surface area contributed by atoms with Crippen LogP contribution in [0, 0.1) is 5.92 Å². The molecule has 0 amide bonds. The van der Waals surface area contributed by atoms with Crippen molar-refractivity contribution in [3.63, 3.8) is 0 Å². The number of rotatable bonds is 7. The van der Waals surface area contributed by atoms with Crippen molar-refractivity contribution in [2.24, 2.45) is 5.92 Å². The van der Waals surface area contributed by atoms with Gasteiger partial charge in [0.1, 0.15) is 6.29 Å². The topological polar surface area (TPSA) is 20.3 Å². The Hall–Kier alpha value is -1.83. The van der Waals surface area contributed by atoms with E-state index in [9.17, 15) is 4.79 Å². The number of aldehydes is 1. The van der Waals surface area contributed by atoms with Crippen molar-refractivity contribution >= 4 is 12.0 Å². The van der Waals surface area contributed by atoms with Crippen molar-refractivity contribution < 1.29 is 4.79 Å². The molecule has 1 aliphatic rings. The van der Waals surface area contributed by atoms with E-state index in [4.69, 9.17) is 0 Å². The Labute approximate surface area is 140 Å². The summed E-state index contributed by atoms with van der Waals surface area (Å²) in [4.78, 5) is 13.7. The second kappa shape index (κ2) is 8.14. The minimum Gasteiger partial charge on any atom is -0.378 e. The molecule has 0 spiro atoms. The van der Waals surface area contributed by atoms with Crippen LogP contribution in [0.3, 0.4) is 0 Å². The molecule has 0 radical (unpaired) electrons. The van der Waals surface area contributed by atoms with E-state index in [2.05, 4.69) is 49.1 Å². The van der Waals surface area contributed by atoms with Crippen molar-refractivity contribution in [1.29, 1.82) is 0 Å². The SMILES string of the molecule is CCCCC[C@H]1C(C)=CC=C(C=O)[C@H]1c1ccc(N(C)C)cc1. The van der Waals surface area contributed by atoms with E-state index >= 15 is 0 Å². The molecule has 1 aliphatic carbocycles. The zero-order valence-electron chi connectivity index (χ0n) is 14.9. The maximum absolute atomic E-state index is 11.6. The molecular weight excluding hydrogens is 282 g/mol. The van der Waals surface area contributed by atoms with E-state index in [0.29, 0.717) is 5.92 Å². The molecule has 0 fully saturated rings. The van der Waals surface area contributed by atoms with Crippen molar-refractivity contribution in [3.8, 4) is 0 Å². The molecular formula is C21H29NO. The van der Waals surface area contributed by atoms with Gasteiger partial charge in [0, 0.05) is 25.7 Å². The van der Waals surface area contributed by atoms with Gasteiger partial charge in [-0.05, 0) is 42.5 Å². The summed E-state index contributed by atoms with van der Waals surface area (Å²) in [6, 6.07) is 8.66. The molecule has 1 aromatic rings. The fraction of sp³-hybridized carbons (Fsp3) is 0.476. The predicted molar refractivity (Wildman–Crippen MR) is 99.0 cm³/mol. The maximum atomic E-state index is 11.6. The first-order valence-corrected chi connectivity index (χ1v) is 8.69. The van der Waals surface area contributed by atoms with Crippen LogP contribution in [0.1, 0.15) is 51.0 Å². The van der Waals surface area contributed by atoms with Gasteiger partial charge in [0.15, 0.2) is 0 Å². The molecule has 2 atom stereocenters. The van der Waals surface area contributed by atoms with Gasteiger partial charge in [-0.1, -0.05) is 56.0 Å². The molecule has 0 N–H and O–H groups in total. The first kappa shape index (κ1) is 17.5. The summed E-state index contributed by atoms with van der Waals surface area (Å²) in [5, 5.41) is 0. The van der Waals surface area contributed by atoms with E-state index in [0.717, 1.165) is 18.3 Å². The Kier molecular flexibility index (Phi) is 6.20. The number of hydrogen-bond acceptors (Lipinski definition) is 2. The average Bonchev–Trinajstić information content (AvgIpc) is 2.56. The molecule has 0 unspecified atom stereocenters. The van der Waals surface area contributed by atoms with Crippen LogP contribution in [0.15, 0.2) is 47.6 Å². The minimum atomic E-state index is 0.200. The van der Waals surface area contributed by atoms with Crippen molar-refractivity contribution in [3.05, 3.63) is 53.1 Å². The van der Waals surface area contributed by atoms with E-state index < -0.39 is 0 Å². The maximum Gasteiger partial charge on any atom is 0.146 e. The van der Waals surface area contributed by atoms with Crippen LogP contribution in [-0.4, -0.2) is 20.4 Å². The van der Waals surface area contributed by atoms with Gasteiger partial charge in [-0.15, -0.1) is 0 Å². The van der Waals surface area contributed by atoms with Gasteiger partial charge in [-0.3, -0.25) is 4.79 Å². The van der Waals surface area contributed by atoms with Gasteiger partial charge in [-0.2, -0.15) is 0 Å². The lowest BCUT2D eigenvalue weighted by molar-refractivity contribution is -0.105. The molecule has 0 aromatic heterocycles. The highest BCUT2D eigenvalue weighted by Crippen LogP contribution is 2.41. The van der Waals surface area contributed by atoms with Gasteiger partial charge in [-0.25, -0.2) is 0 Å². The molecule has 1 aromatic carbocycles. The highest BCUT2D eigenvalue weighted by molar-refractivity contribution is 5.78. The van der Waals surface area contributed by atoms with Crippen LogP contribution >= 0.6 is 0 Å². The lowest BCUT2D eigenvalue weighted by atomic mass is 9.72. The van der Waals surface area contributed by atoms with Gasteiger partial charge in [0.2, 0.25) is 0 Å². The molecule has 0 saturated carbocycles. The second-order valence-corrected chi connectivity index (χ2v) is 6.76. The summed E-state index contributed by atoms with van der Waals surface area (Å²) >= 11 is 0. The fourth-order valence-corrected chi connectivity index (χ4v) is 3.48. The Morgan fingerprint density at radius 2 is 1.78 bits per heavy atom. The van der Waals surface area contributed by atoms with Gasteiger partial charge in [0.05, 0.1) is 0 Å². The number of carbonyl (C=O) groups excluding carboxylic acids is 1. The lowest BCUT2D eigenvalue weighted by Gasteiger charge is -2.32. The number of unbranched alkanes of at least 4 members (excludes halogenated alkanes) is 2. The highest BCUT2D eigenvalue weighted by Gasteiger charge is 2.29. The first-order chi connectivity index (χ1) is 11.1. The second-order valence-electron chi connectivity index (χ2n) is 6.76. The summed E-state index contributed by atoms with van der Waals surface area (Å²) in [6.07, 6.45) is 10.0. The third kappa shape index (κ3) is 4.13. The Morgan fingerprint density at radius 3 is 2.35 bits per heavy atom. The lowest BCUT2D eigenvalue weighted by Crippen LogP contribution is -2.20. The number of anilines is 1. The summed E-state index contributed by atoms with van der Waals surface area (Å²) in [6.45, 7) is 4.44. The minimum absolute atomic E-state index is 0.200. The molecule has 0 heterocycles. The quantitative estimate of drug-likeness (QED) is 0.514. The van der Waals surface area contributed by atoms with Crippen LogP contribution in [-0.2, 0) is 4.79 Å². The normalized spacial score (nSPS) is 20.7. The standard InChI is InChI=1S/C21H29NO/c1-5-6-7-8-20-16(2)9-10-18(15-23)21(20)17-11-13-19(14-12-17)22(3)4/h9-15,20-21H,5-8H2,1-4H3/t20-,21+/m0/s1. The summed E-state index contributed by atoms with van der Waals surface area (Å²) in [7, 11) is 4.10. The van der Waals surface area contributed by atoms with Crippen LogP contribution in [0.4, 0.5) is 5.69 Å². The largest absolute Gasteiger partial charge is 0.378 e. The van der Waals surface area contributed by atoms with Crippen molar-refractivity contribution in [2.75, 3.05) is 19.0 Å². The Balaban J connectivity index is 2.30.